The molecule has 1 aromatic carbocycles. The van der Waals surface area contributed by atoms with E-state index in [1.165, 1.54) is 17.3 Å². The summed E-state index contributed by atoms with van der Waals surface area (Å²) >= 11 is 13.2. The molecule has 0 aliphatic heterocycles. The maximum Gasteiger partial charge on any atom is 0.236 e. The zero-order valence-corrected chi connectivity index (χ0v) is 17.0. The number of aromatic amines is 1. The van der Waals surface area contributed by atoms with Crippen molar-refractivity contribution in [3.05, 3.63) is 51.6 Å². The van der Waals surface area contributed by atoms with E-state index >= 15 is 0 Å². The van der Waals surface area contributed by atoms with Crippen molar-refractivity contribution in [1.29, 1.82) is 0 Å². The standard InChI is InChI=1S/C18H17Cl2N5OS/c1-3-11-4-6-12(7-5-11)16-23-18(25-24-16)27-9-15(26)22-17-14(20)8-13(19)10(2)21-17/h4-8H,3,9H2,1-2H3,(H,21,22,26)(H,23,24,25). The van der Waals surface area contributed by atoms with Crippen molar-refractivity contribution >= 4 is 46.7 Å². The first-order valence-corrected chi connectivity index (χ1v) is 9.97. The number of pyridine rings is 1. The highest BCUT2D eigenvalue weighted by Gasteiger charge is 2.12. The number of nitrogens with one attached hydrogen (secondary N) is 2. The van der Waals surface area contributed by atoms with Crippen LogP contribution in [0.15, 0.2) is 35.5 Å². The number of hydrogen-bond donors (Lipinski definition) is 2. The molecular formula is C18H17Cl2N5OS. The lowest BCUT2D eigenvalue weighted by Crippen LogP contribution is -2.15. The number of H-pyrrole nitrogens is 1. The van der Waals surface area contributed by atoms with E-state index in [0.717, 1.165) is 12.0 Å². The monoisotopic (exact) mass is 421 g/mol. The van der Waals surface area contributed by atoms with E-state index in [1.54, 1.807) is 13.0 Å². The van der Waals surface area contributed by atoms with Crippen LogP contribution in [0, 0.1) is 6.92 Å². The topological polar surface area (TPSA) is 83.6 Å². The van der Waals surface area contributed by atoms with Crippen molar-refractivity contribution in [1.82, 2.24) is 20.2 Å². The third-order valence-corrected chi connectivity index (χ3v) is 5.31. The van der Waals surface area contributed by atoms with Crippen molar-refractivity contribution in [2.75, 3.05) is 11.1 Å². The number of anilines is 1. The molecule has 3 rings (SSSR count). The molecule has 0 spiro atoms. The minimum atomic E-state index is -0.255. The molecule has 2 aromatic heterocycles. The van der Waals surface area contributed by atoms with Gasteiger partial charge in [0.15, 0.2) is 11.6 Å². The fraction of sp³-hybridized carbons (Fsp3) is 0.222. The highest BCUT2D eigenvalue weighted by molar-refractivity contribution is 7.99. The minimum Gasteiger partial charge on any atom is -0.309 e. The Morgan fingerprint density at radius 3 is 2.63 bits per heavy atom. The summed E-state index contributed by atoms with van der Waals surface area (Å²) in [5.74, 6) is 0.829. The molecule has 0 bridgehead atoms. The summed E-state index contributed by atoms with van der Waals surface area (Å²) < 4.78 is 0. The van der Waals surface area contributed by atoms with E-state index in [9.17, 15) is 4.79 Å². The molecule has 9 heteroatoms. The van der Waals surface area contributed by atoms with Gasteiger partial charge in [0.25, 0.3) is 0 Å². The zero-order chi connectivity index (χ0) is 19.4. The molecule has 3 aromatic rings. The molecule has 27 heavy (non-hydrogen) atoms. The van der Waals surface area contributed by atoms with Crippen LogP contribution in [-0.4, -0.2) is 31.8 Å². The van der Waals surface area contributed by atoms with Crippen LogP contribution >= 0.6 is 35.0 Å². The SMILES string of the molecule is CCc1ccc(-c2nc(SCC(=O)Nc3nc(C)c(Cl)cc3Cl)n[nH]2)cc1. The van der Waals surface area contributed by atoms with Gasteiger partial charge >= 0.3 is 0 Å². The van der Waals surface area contributed by atoms with Crippen molar-refractivity contribution in [2.45, 2.75) is 25.4 Å². The molecular weight excluding hydrogens is 405 g/mol. The van der Waals surface area contributed by atoms with Gasteiger partial charge in [-0.2, -0.15) is 0 Å². The molecule has 0 radical (unpaired) electrons. The molecule has 140 valence electrons. The number of thioether (sulfide) groups is 1. The van der Waals surface area contributed by atoms with E-state index in [4.69, 9.17) is 23.2 Å². The average Bonchev–Trinajstić information content (AvgIpc) is 3.13. The Labute approximate surface area is 171 Å². The van der Waals surface area contributed by atoms with Crippen LogP contribution in [-0.2, 0) is 11.2 Å². The number of nitrogens with zero attached hydrogens (tertiary/aromatic N) is 3. The second kappa shape index (κ2) is 8.73. The average molecular weight is 422 g/mol. The predicted octanol–water partition coefficient (Wildman–Crippen LogP) is 4.78. The van der Waals surface area contributed by atoms with Crippen LogP contribution in [0.25, 0.3) is 11.4 Å². The number of benzene rings is 1. The lowest BCUT2D eigenvalue weighted by Gasteiger charge is -2.07. The van der Waals surface area contributed by atoms with E-state index in [0.29, 0.717) is 26.7 Å². The summed E-state index contributed by atoms with van der Waals surface area (Å²) in [7, 11) is 0. The van der Waals surface area contributed by atoms with Gasteiger partial charge in [0.05, 0.1) is 21.5 Å². The van der Waals surface area contributed by atoms with Crippen LogP contribution in [0.3, 0.4) is 0 Å². The number of rotatable bonds is 6. The lowest BCUT2D eigenvalue weighted by atomic mass is 10.1. The zero-order valence-electron chi connectivity index (χ0n) is 14.7. The molecule has 0 atom stereocenters. The van der Waals surface area contributed by atoms with Crippen molar-refractivity contribution in [3.63, 3.8) is 0 Å². The van der Waals surface area contributed by atoms with Gasteiger partial charge < -0.3 is 5.32 Å². The van der Waals surface area contributed by atoms with E-state index in [2.05, 4.69) is 44.5 Å². The Kier molecular flexibility index (Phi) is 6.36. The van der Waals surface area contributed by atoms with E-state index in [-0.39, 0.29) is 17.5 Å². The molecule has 6 nitrogen and oxygen atoms in total. The van der Waals surface area contributed by atoms with Gasteiger partial charge in [0.1, 0.15) is 0 Å². The second-order valence-corrected chi connectivity index (χ2v) is 7.50. The third kappa shape index (κ3) is 5.00. The molecule has 0 unspecified atom stereocenters. The molecule has 0 fully saturated rings. The van der Waals surface area contributed by atoms with Crippen molar-refractivity contribution in [2.24, 2.45) is 0 Å². The molecule has 2 heterocycles. The van der Waals surface area contributed by atoms with E-state index < -0.39 is 0 Å². The normalized spacial score (nSPS) is 10.8. The number of halogens is 2. The fourth-order valence-electron chi connectivity index (χ4n) is 2.28. The van der Waals surface area contributed by atoms with Gasteiger partial charge in [-0.3, -0.25) is 9.89 Å². The quantitative estimate of drug-likeness (QED) is 0.559. The molecule has 0 aliphatic rings. The van der Waals surface area contributed by atoms with Crippen LogP contribution in [0.1, 0.15) is 18.2 Å². The summed E-state index contributed by atoms with van der Waals surface area (Å²) in [5.41, 5.74) is 2.80. The van der Waals surface area contributed by atoms with Gasteiger partial charge in [0, 0.05) is 5.56 Å². The predicted molar refractivity (Wildman–Crippen MR) is 110 cm³/mol. The number of carbonyl (C=O) groups is 1. The molecule has 0 saturated carbocycles. The van der Waals surface area contributed by atoms with Crippen LogP contribution in [0.2, 0.25) is 10.0 Å². The first-order chi connectivity index (χ1) is 13.0. The van der Waals surface area contributed by atoms with Crippen LogP contribution in [0.5, 0.6) is 0 Å². The first kappa shape index (κ1) is 19.7. The number of aromatic nitrogens is 4. The summed E-state index contributed by atoms with van der Waals surface area (Å²) in [6, 6.07) is 9.67. The third-order valence-electron chi connectivity index (χ3n) is 3.80. The van der Waals surface area contributed by atoms with Gasteiger partial charge in [-0.25, -0.2) is 9.97 Å². The Hall–Kier alpha value is -2.09. The fourth-order valence-corrected chi connectivity index (χ4v) is 3.29. The maximum absolute atomic E-state index is 12.2. The van der Waals surface area contributed by atoms with E-state index in [1.807, 2.05) is 12.1 Å². The Morgan fingerprint density at radius 2 is 1.93 bits per heavy atom. The van der Waals surface area contributed by atoms with Crippen molar-refractivity contribution in [3.8, 4) is 11.4 Å². The second-order valence-electron chi connectivity index (χ2n) is 5.74. The highest BCUT2D eigenvalue weighted by Crippen LogP contribution is 2.26. The molecule has 2 N–H and O–H groups in total. The highest BCUT2D eigenvalue weighted by atomic mass is 35.5. The smallest absolute Gasteiger partial charge is 0.236 e. The Bertz CT molecular complexity index is 959. The van der Waals surface area contributed by atoms with Crippen molar-refractivity contribution < 1.29 is 4.79 Å². The molecule has 1 amide bonds. The summed E-state index contributed by atoms with van der Waals surface area (Å²) in [4.78, 5) is 20.8. The largest absolute Gasteiger partial charge is 0.309 e. The molecule has 0 saturated heterocycles. The van der Waals surface area contributed by atoms with Crippen LogP contribution in [0.4, 0.5) is 5.82 Å². The number of amides is 1. The Balaban J connectivity index is 1.59. The summed E-state index contributed by atoms with van der Waals surface area (Å²) in [5, 5.41) is 10.9. The summed E-state index contributed by atoms with van der Waals surface area (Å²) in [6.07, 6.45) is 0.985. The lowest BCUT2D eigenvalue weighted by molar-refractivity contribution is -0.113. The molecule has 0 aliphatic carbocycles. The summed E-state index contributed by atoms with van der Waals surface area (Å²) in [6.45, 7) is 3.85. The van der Waals surface area contributed by atoms with Crippen LogP contribution < -0.4 is 5.32 Å². The van der Waals surface area contributed by atoms with Gasteiger partial charge in [-0.1, -0.05) is 66.2 Å². The first-order valence-electron chi connectivity index (χ1n) is 8.23. The maximum atomic E-state index is 12.2. The number of hydrogen-bond acceptors (Lipinski definition) is 5. The van der Waals surface area contributed by atoms with Gasteiger partial charge in [0.2, 0.25) is 11.1 Å². The Morgan fingerprint density at radius 1 is 1.19 bits per heavy atom. The number of carbonyl (C=O) groups excluding carboxylic acids is 1. The number of aryl methyl sites for hydroxylation is 2. The van der Waals surface area contributed by atoms with Gasteiger partial charge in [-0.05, 0) is 25.0 Å². The minimum absolute atomic E-state index is 0.131. The van der Waals surface area contributed by atoms with Gasteiger partial charge in [-0.15, -0.1) is 5.10 Å².